The van der Waals surface area contributed by atoms with Crippen molar-refractivity contribution in [1.29, 1.82) is 0 Å². The molecular formula is C10H10N2Si. The van der Waals surface area contributed by atoms with Crippen LogP contribution in [-0.2, 0) is 0 Å². The fourth-order valence-electron chi connectivity index (χ4n) is 1.18. The Labute approximate surface area is 80.0 Å². The van der Waals surface area contributed by atoms with Crippen molar-refractivity contribution in [3.63, 3.8) is 0 Å². The van der Waals surface area contributed by atoms with Crippen molar-refractivity contribution in [3.8, 4) is 5.69 Å². The molecule has 64 valence electrons. The summed E-state index contributed by atoms with van der Waals surface area (Å²) in [4.78, 5) is 0. The highest BCUT2D eigenvalue weighted by atomic mass is 28.2. The van der Waals surface area contributed by atoms with E-state index in [1.165, 1.54) is 0 Å². The minimum Gasteiger partial charge on any atom is -0.241 e. The maximum atomic E-state index is 4.43. The van der Waals surface area contributed by atoms with E-state index in [1.54, 1.807) is 0 Å². The largest absolute Gasteiger partial charge is 0.241 e. The van der Waals surface area contributed by atoms with Crippen LogP contribution in [0.25, 0.3) is 5.69 Å². The van der Waals surface area contributed by atoms with Crippen LogP contribution >= 0.6 is 0 Å². The third-order valence-corrected chi connectivity index (χ3v) is 2.64. The van der Waals surface area contributed by atoms with Gasteiger partial charge in [-0.1, -0.05) is 24.7 Å². The van der Waals surface area contributed by atoms with Gasteiger partial charge in [0.1, 0.15) is 9.52 Å². The van der Waals surface area contributed by atoms with E-state index < -0.39 is 0 Å². The van der Waals surface area contributed by atoms with Gasteiger partial charge in [-0.15, -0.1) is 0 Å². The standard InChI is InChI=1S/C10H10N2Si/c1-13-10-7-8-12(11-10)9-5-3-2-4-6-9/h2-8H,1H3. The average molecular weight is 186 g/mol. The van der Waals surface area contributed by atoms with Gasteiger partial charge in [0.15, 0.2) is 0 Å². The predicted molar refractivity (Wildman–Crippen MR) is 54.8 cm³/mol. The first-order valence-electron chi connectivity index (χ1n) is 4.19. The Morgan fingerprint density at radius 3 is 2.54 bits per heavy atom. The van der Waals surface area contributed by atoms with Crippen LogP contribution in [0.5, 0.6) is 0 Å². The zero-order valence-corrected chi connectivity index (χ0v) is 8.44. The first-order valence-corrected chi connectivity index (χ1v) is 5.69. The number of aromatic nitrogens is 2. The quantitative estimate of drug-likeness (QED) is 0.645. The highest BCUT2D eigenvalue weighted by Gasteiger charge is 1.97. The fourth-order valence-corrected chi connectivity index (χ4v) is 1.63. The van der Waals surface area contributed by atoms with Gasteiger partial charge in [0.2, 0.25) is 0 Å². The lowest BCUT2D eigenvalue weighted by atomic mass is 10.3. The average Bonchev–Trinajstić information content (AvgIpc) is 2.67. The van der Waals surface area contributed by atoms with Crippen LogP contribution in [0.2, 0.25) is 6.55 Å². The van der Waals surface area contributed by atoms with Crippen LogP contribution in [0.1, 0.15) is 0 Å². The molecule has 2 nitrogen and oxygen atoms in total. The first kappa shape index (κ1) is 8.25. The van der Waals surface area contributed by atoms with Gasteiger partial charge < -0.3 is 0 Å². The molecule has 0 atom stereocenters. The van der Waals surface area contributed by atoms with E-state index in [0.717, 1.165) is 20.5 Å². The molecule has 3 heteroatoms. The monoisotopic (exact) mass is 186 g/mol. The second-order valence-electron chi connectivity index (χ2n) is 2.73. The Morgan fingerprint density at radius 2 is 1.92 bits per heavy atom. The molecule has 0 saturated carbocycles. The second-order valence-corrected chi connectivity index (χ2v) is 3.74. The van der Waals surface area contributed by atoms with Crippen LogP contribution in [0.3, 0.4) is 0 Å². The molecule has 0 saturated heterocycles. The summed E-state index contributed by atoms with van der Waals surface area (Å²) < 4.78 is 1.91. The van der Waals surface area contributed by atoms with Crippen LogP contribution in [-0.4, -0.2) is 19.3 Å². The third-order valence-electron chi connectivity index (χ3n) is 1.87. The Hall–Kier alpha value is -1.35. The minimum absolute atomic E-state index is 0.764. The molecule has 0 aliphatic carbocycles. The van der Waals surface area contributed by atoms with Gasteiger partial charge >= 0.3 is 0 Å². The van der Waals surface area contributed by atoms with Crippen LogP contribution in [0, 0.1) is 0 Å². The molecule has 13 heavy (non-hydrogen) atoms. The zero-order valence-electron chi connectivity index (χ0n) is 7.44. The van der Waals surface area contributed by atoms with Gasteiger partial charge in [0, 0.05) is 11.5 Å². The zero-order chi connectivity index (χ0) is 9.10. The van der Waals surface area contributed by atoms with Crippen LogP contribution in [0.4, 0.5) is 0 Å². The Morgan fingerprint density at radius 1 is 1.15 bits per heavy atom. The number of rotatable bonds is 2. The molecule has 0 aliphatic rings. The number of hydrogen-bond donors (Lipinski definition) is 0. The molecule has 0 spiro atoms. The molecule has 0 N–H and O–H groups in total. The van der Waals surface area contributed by atoms with E-state index in [9.17, 15) is 0 Å². The molecule has 0 aliphatic heterocycles. The summed E-state index contributed by atoms with van der Waals surface area (Å²) in [7, 11) is 0.764. The Kier molecular flexibility index (Phi) is 2.27. The fraction of sp³-hybridized carbons (Fsp3) is 0.100. The van der Waals surface area contributed by atoms with E-state index >= 15 is 0 Å². The highest BCUT2D eigenvalue weighted by molar-refractivity contribution is 6.50. The summed E-state index contributed by atoms with van der Waals surface area (Å²) >= 11 is 0. The van der Waals surface area contributed by atoms with Crippen molar-refractivity contribution in [1.82, 2.24) is 9.78 Å². The second kappa shape index (κ2) is 3.58. The topological polar surface area (TPSA) is 17.8 Å². The van der Waals surface area contributed by atoms with Crippen molar-refractivity contribution < 1.29 is 0 Å². The summed E-state index contributed by atoms with van der Waals surface area (Å²) in [6.45, 7) is 2.14. The number of hydrogen-bond acceptors (Lipinski definition) is 1. The summed E-state index contributed by atoms with van der Waals surface area (Å²) in [5.74, 6) is 0. The van der Waals surface area contributed by atoms with Gasteiger partial charge in [-0.2, -0.15) is 5.10 Å². The van der Waals surface area contributed by atoms with Crippen LogP contribution in [0.15, 0.2) is 42.6 Å². The molecule has 2 radical (unpaired) electrons. The lowest BCUT2D eigenvalue weighted by molar-refractivity contribution is 0.891. The summed E-state index contributed by atoms with van der Waals surface area (Å²) in [6.07, 6.45) is 2.00. The molecule has 1 aromatic carbocycles. The molecule has 0 amide bonds. The number of para-hydroxylation sites is 1. The lowest BCUT2D eigenvalue weighted by Crippen LogP contribution is -2.13. The molecule has 0 fully saturated rings. The Bertz CT molecular complexity index is 381. The lowest BCUT2D eigenvalue weighted by Gasteiger charge is -1.98. The summed E-state index contributed by atoms with van der Waals surface area (Å²) in [5, 5.41) is 5.58. The minimum atomic E-state index is 0.764. The summed E-state index contributed by atoms with van der Waals surface area (Å²) in [6, 6.07) is 12.2. The van der Waals surface area contributed by atoms with E-state index in [-0.39, 0.29) is 0 Å². The van der Waals surface area contributed by atoms with Crippen LogP contribution < -0.4 is 5.32 Å². The molecule has 0 bridgehead atoms. The normalized spacial score (nSPS) is 10.2. The van der Waals surface area contributed by atoms with Crippen molar-refractivity contribution in [2.75, 3.05) is 0 Å². The Balaban J connectivity index is 2.36. The van der Waals surface area contributed by atoms with Gasteiger partial charge in [0.05, 0.1) is 5.69 Å². The molecule has 1 heterocycles. The smallest absolute Gasteiger partial charge is 0.107 e. The first-order chi connectivity index (χ1) is 6.40. The van der Waals surface area contributed by atoms with Crippen molar-refractivity contribution in [2.45, 2.75) is 6.55 Å². The van der Waals surface area contributed by atoms with Crippen molar-refractivity contribution in [3.05, 3.63) is 42.6 Å². The highest BCUT2D eigenvalue weighted by Crippen LogP contribution is 2.02. The van der Waals surface area contributed by atoms with Crippen molar-refractivity contribution >= 4 is 14.8 Å². The maximum Gasteiger partial charge on any atom is 0.107 e. The van der Waals surface area contributed by atoms with Gasteiger partial charge in [0.25, 0.3) is 0 Å². The van der Waals surface area contributed by atoms with E-state index in [0.29, 0.717) is 0 Å². The van der Waals surface area contributed by atoms with Crippen molar-refractivity contribution in [2.24, 2.45) is 0 Å². The van der Waals surface area contributed by atoms with E-state index in [1.807, 2.05) is 29.1 Å². The van der Waals surface area contributed by atoms with Gasteiger partial charge in [-0.3, -0.25) is 0 Å². The molecular weight excluding hydrogens is 176 g/mol. The SMILES string of the molecule is C[Si]c1ccn(-c2ccccc2)n1. The summed E-state index contributed by atoms with van der Waals surface area (Å²) in [5.41, 5.74) is 1.12. The number of nitrogens with zero attached hydrogens (tertiary/aromatic N) is 2. The van der Waals surface area contributed by atoms with Gasteiger partial charge in [-0.25, -0.2) is 4.68 Å². The molecule has 2 aromatic rings. The molecule has 0 unspecified atom stereocenters. The molecule has 2 rings (SSSR count). The van der Waals surface area contributed by atoms with E-state index in [2.05, 4.69) is 29.8 Å². The third kappa shape index (κ3) is 1.70. The molecule has 1 aromatic heterocycles. The predicted octanol–water partition coefficient (Wildman–Crippen LogP) is 1.25. The van der Waals surface area contributed by atoms with Gasteiger partial charge in [-0.05, 0) is 18.2 Å². The maximum absolute atomic E-state index is 4.43. The number of benzene rings is 1. The van der Waals surface area contributed by atoms with E-state index in [4.69, 9.17) is 0 Å².